The van der Waals surface area contributed by atoms with Gasteiger partial charge in [-0.2, -0.15) is 0 Å². The molecule has 0 saturated carbocycles. The molecule has 0 bridgehead atoms. The zero-order valence-corrected chi connectivity index (χ0v) is 46.7. The van der Waals surface area contributed by atoms with Gasteiger partial charge in [0.05, 0.1) is 9.79 Å². The van der Waals surface area contributed by atoms with Gasteiger partial charge in [-0.25, -0.2) is 16.8 Å². The van der Waals surface area contributed by atoms with Crippen molar-refractivity contribution in [1.82, 2.24) is 0 Å². The van der Waals surface area contributed by atoms with E-state index < -0.39 is 20.2 Å². The second-order valence-corrected chi connectivity index (χ2v) is 21.3. The van der Waals surface area contributed by atoms with Crippen molar-refractivity contribution in [1.29, 1.82) is 0 Å². The van der Waals surface area contributed by atoms with E-state index in [1.807, 2.05) is 24.3 Å². The molecule has 4 rings (SSSR count). The summed E-state index contributed by atoms with van der Waals surface area (Å²) in [5.74, 6) is 0. The van der Waals surface area contributed by atoms with E-state index in [-0.39, 0.29) is 37.1 Å². The first-order chi connectivity index (χ1) is 30.9. The van der Waals surface area contributed by atoms with Gasteiger partial charge in [-0.15, -0.1) is 0 Å². The first kappa shape index (κ1) is 59.3. The summed E-state index contributed by atoms with van der Waals surface area (Å²) in [6, 6.07) is 19.4. The Bertz CT molecular complexity index is 1960. The maximum Gasteiger partial charge on any atom is 2.00 e. The standard InChI is InChI=1S/2C28H44O3S.Pb/c2*1-3-5-7-9-11-13-15-17-24-19-21-26-25(23-24)20-22-28(32(29,30)31)27(26)18-16-14-12-10-8-6-4-2;/h2*19-23H,3-18H2,1-2H3,(H,29,30,31);/q;;+2/p-2. The maximum absolute atomic E-state index is 11.9. The molecule has 0 spiro atoms. The second kappa shape index (κ2) is 34.4. The summed E-state index contributed by atoms with van der Waals surface area (Å²) in [5.41, 5.74) is 4.03. The summed E-state index contributed by atoms with van der Waals surface area (Å²) in [4.78, 5) is -0.0633. The van der Waals surface area contributed by atoms with Crippen LogP contribution in [0.25, 0.3) is 21.5 Å². The molecule has 65 heavy (non-hydrogen) atoms. The third-order valence-electron chi connectivity index (χ3n) is 13.0. The van der Waals surface area contributed by atoms with E-state index in [0.717, 1.165) is 60.1 Å². The van der Waals surface area contributed by atoms with Crippen molar-refractivity contribution >= 4 is 69.1 Å². The molecule has 0 saturated heterocycles. The first-order valence-corrected chi connectivity index (χ1v) is 28.8. The van der Waals surface area contributed by atoms with Gasteiger partial charge in [-0.3, -0.25) is 0 Å². The maximum atomic E-state index is 11.9. The topological polar surface area (TPSA) is 114 Å². The van der Waals surface area contributed by atoms with Crippen molar-refractivity contribution in [3.8, 4) is 0 Å². The third-order valence-corrected chi connectivity index (χ3v) is 14.9. The number of hydrogen-bond donors (Lipinski definition) is 0. The van der Waals surface area contributed by atoms with Crippen LogP contribution < -0.4 is 0 Å². The molecule has 0 aromatic heterocycles. The summed E-state index contributed by atoms with van der Waals surface area (Å²) in [5, 5.41) is 3.96. The van der Waals surface area contributed by atoms with Gasteiger partial charge in [-0.1, -0.05) is 230 Å². The van der Waals surface area contributed by atoms with Gasteiger partial charge in [0.2, 0.25) is 0 Å². The van der Waals surface area contributed by atoms with E-state index in [1.165, 1.54) is 177 Å². The molecule has 0 N–H and O–H groups in total. The molecule has 0 fully saturated rings. The monoisotopic (exact) mass is 1130 g/mol. The van der Waals surface area contributed by atoms with Gasteiger partial charge in [0.15, 0.2) is 0 Å². The summed E-state index contributed by atoms with van der Waals surface area (Å²) >= 11 is 0. The molecule has 2 radical (unpaired) electrons. The van der Waals surface area contributed by atoms with Crippen LogP contribution in [0.2, 0.25) is 0 Å². The molecule has 0 atom stereocenters. The fourth-order valence-electron chi connectivity index (χ4n) is 9.23. The van der Waals surface area contributed by atoms with Crippen LogP contribution in [-0.4, -0.2) is 53.2 Å². The number of hydrogen-bond acceptors (Lipinski definition) is 6. The molecule has 0 amide bonds. The Hall–Kier alpha value is -1.86. The minimum atomic E-state index is -4.47. The third kappa shape index (κ3) is 23.3. The van der Waals surface area contributed by atoms with E-state index in [4.69, 9.17) is 0 Å². The number of unbranched alkanes of at least 4 members (excludes halogenated alkanes) is 24. The van der Waals surface area contributed by atoms with Crippen molar-refractivity contribution < 1.29 is 25.9 Å². The first-order valence-electron chi connectivity index (χ1n) is 25.9. The van der Waals surface area contributed by atoms with E-state index in [2.05, 4.69) is 52.0 Å². The summed E-state index contributed by atoms with van der Waals surface area (Å²) < 4.78 is 71.3. The van der Waals surface area contributed by atoms with Crippen LogP contribution in [0.3, 0.4) is 0 Å². The predicted octanol–water partition coefficient (Wildman–Crippen LogP) is 16.3. The quantitative estimate of drug-likeness (QED) is 0.0261. The fraction of sp³-hybridized carbons (Fsp3) is 0.643. The minimum absolute atomic E-state index is 0. The summed E-state index contributed by atoms with van der Waals surface area (Å²) in [7, 11) is -8.93. The average molecular weight is 1130 g/mol. The zero-order chi connectivity index (χ0) is 46.5. The number of rotatable bonds is 34. The Labute approximate surface area is 418 Å². The summed E-state index contributed by atoms with van der Waals surface area (Å²) in [6.45, 7) is 8.92. The Morgan fingerprint density at radius 1 is 0.338 bits per heavy atom. The molecule has 0 unspecified atom stereocenters. The van der Waals surface area contributed by atoms with Crippen LogP contribution in [0, 0.1) is 0 Å². The summed E-state index contributed by atoms with van der Waals surface area (Å²) in [6.07, 6.45) is 37.9. The Morgan fingerprint density at radius 3 is 0.877 bits per heavy atom. The normalized spacial score (nSPS) is 11.8. The fourth-order valence-corrected chi connectivity index (χ4v) is 10.7. The van der Waals surface area contributed by atoms with E-state index >= 15 is 0 Å². The van der Waals surface area contributed by atoms with E-state index in [0.29, 0.717) is 24.0 Å². The van der Waals surface area contributed by atoms with Gasteiger partial charge >= 0.3 is 27.3 Å². The van der Waals surface area contributed by atoms with Gasteiger partial charge < -0.3 is 9.11 Å². The molecule has 0 heterocycles. The second-order valence-electron chi connectivity index (χ2n) is 18.6. The van der Waals surface area contributed by atoms with Crippen LogP contribution in [-0.2, 0) is 45.9 Å². The molecular weight excluding hydrogens is 1040 g/mol. The van der Waals surface area contributed by atoms with Crippen LogP contribution in [0.5, 0.6) is 0 Å². The largest absolute Gasteiger partial charge is 2.00 e. The van der Waals surface area contributed by atoms with Crippen LogP contribution in [0.15, 0.2) is 70.5 Å². The van der Waals surface area contributed by atoms with Gasteiger partial charge in [0, 0.05) is 0 Å². The van der Waals surface area contributed by atoms with Crippen LogP contribution in [0.1, 0.15) is 230 Å². The molecule has 362 valence electrons. The van der Waals surface area contributed by atoms with Gasteiger partial charge in [-0.05, 0) is 107 Å². The van der Waals surface area contributed by atoms with Crippen LogP contribution in [0.4, 0.5) is 0 Å². The molecule has 0 aliphatic rings. The van der Waals surface area contributed by atoms with Crippen molar-refractivity contribution in [2.24, 2.45) is 0 Å². The number of benzene rings is 4. The van der Waals surface area contributed by atoms with E-state index in [1.54, 1.807) is 0 Å². The zero-order valence-electron chi connectivity index (χ0n) is 41.2. The van der Waals surface area contributed by atoms with Crippen molar-refractivity contribution in [2.45, 2.75) is 243 Å². The molecule has 0 aliphatic heterocycles. The van der Waals surface area contributed by atoms with Crippen LogP contribution >= 0.6 is 0 Å². The smallest absolute Gasteiger partial charge is 0.744 e. The van der Waals surface area contributed by atoms with E-state index in [9.17, 15) is 25.9 Å². The van der Waals surface area contributed by atoms with Crippen molar-refractivity contribution in [3.05, 3.63) is 82.9 Å². The molecule has 4 aromatic rings. The van der Waals surface area contributed by atoms with Crippen molar-refractivity contribution in [3.63, 3.8) is 0 Å². The number of aryl methyl sites for hydroxylation is 4. The molecule has 6 nitrogen and oxygen atoms in total. The molecule has 4 aromatic carbocycles. The Kier molecular flexibility index (Phi) is 31.4. The molecule has 9 heteroatoms. The Morgan fingerprint density at radius 2 is 0.600 bits per heavy atom. The SMILES string of the molecule is CCCCCCCCCc1ccc2c(CCCCCCCCC)c(S(=O)(=O)[O-])ccc2c1.CCCCCCCCCc1ccc2c(CCCCCCCCC)c(S(=O)(=O)[O-])ccc2c1.[Pb+2]. The average Bonchev–Trinajstić information content (AvgIpc) is 3.27. The molecular formula is C56H86O6PbS2. The van der Waals surface area contributed by atoms with Gasteiger partial charge in [0.1, 0.15) is 20.2 Å². The number of fused-ring (bicyclic) bond motifs is 2. The molecule has 0 aliphatic carbocycles. The van der Waals surface area contributed by atoms with Crippen molar-refractivity contribution in [2.75, 3.05) is 0 Å². The predicted molar refractivity (Wildman–Crippen MR) is 276 cm³/mol. The van der Waals surface area contributed by atoms with Gasteiger partial charge in [0.25, 0.3) is 0 Å². The Balaban J connectivity index is 0.000000440. The minimum Gasteiger partial charge on any atom is -0.744 e.